The molecular formula is C23H23NOSn. The molecule has 1 aliphatic rings. The Bertz CT molecular complexity index is 762. The van der Waals surface area contributed by atoms with Crippen LogP contribution in [0.4, 0.5) is 4.79 Å². The van der Waals surface area contributed by atoms with E-state index in [-0.39, 0.29) is 0 Å². The molecule has 26 heavy (non-hydrogen) atoms. The van der Waals surface area contributed by atoms with Crippen molar-refractivity contribution >= 4 is 33.0 Å². The summed E-state index contributed by atoms with van der Waals surface area (Å²) in [5, 5.41) is 0. The Morgan fingerprint density at radius 3 is 1.31 bits per heavy atom. The van der Waals surface area contributed by atoms with Crippen LogP contribution in [0.3, 0.4) is 0 Å². The van der Waals surface area contributed by atoms with Crippen molar-refractivity contribution < 1.29 is 4.79 Å². The van der Waals surface area contributed by atoms with E-state index in [2.05, 4.69) is 77.7 Å². The molecule has 4 rings (SSSR count). The van der Waals surface area contributed by atoms with Crippen LogP contribution < -0.4 is 10.7 Å². The number of amides is 1. The standard InChI is InChI=1S/3C6H5.C5H8NO.Sn/c3*1-2-4-6-5-3-1;7-5-6-3-1-2-4-6;/h3*1-5H;1-4H2;. The van der Waals surface area contributed by atoms with Gasteiger partial charge in [0.15, 0.2) is 0 Å². The molecule has 0 atom stereocenters. The molecule has 1 amide bonds. The minimum absolute atomic E-state index is 0.389. The SMILES string of the molecule is O=[C](N1CCCC1)[Sn]([c]1ccccc1)([c]1ccccc1)[c]1ccccc1. The third kappa shape index (κ3) is 2.96. The molecule has 0 unspecified atom stereocenters. The van der Waals surface area contributed by atoms with Crippen molar-refractivity contribution in [3.63, 3.8) is 0 Å². The molecular weight excluding hydrogens is 425 g/mol. The summed E-state index contributed by atoms with van der Waals surface area (Å²) >= 11 is -3.83. The topological polar surface area (TPSA) is 20.3 Å². The van der Waals surface area contributed by atoms with E-state index < -0.39 is 18.4 Å². The normalized spacial score (nSPS) is 14.4. The van der Waals surface area contributed by atoms with Crippen molar-refractivity contribution in [1.29, 1.82) is 0 Å². The summed E-state index contributed by atoms with van der Waals surface area (Å²) in [6.07, 6.45) is 2.23. The van der Waals surface area contributed by atoms with E-state index in [4.69, 9.17) is 0 Å². The van der Waals surface area contributed by atoms with Gasteiger partial charge in [0.05, 0.1) is 0 Å². The molecule has 1 heterocycles. The summed E-state index contributed by atoms with van der Waals surface area (Å²) in [4.78, 5) is 16.2. The number of rotatable bonds is 4. The quantitative estimate of drug-likeness (QED) is 0.563. The van der Waals surface area contributed by atoms with Gasteiger partial charge in [-0.25, -0.2) is 0 Å². The van der Waals surface area contributed by atoms with Gasteiger partial charge in [-0.2, -0.15) is 0 Å². The van der Waals surface area contributed by atoms with Gasteiger partial charge in [-0.05, 0) is 0 Å². The first-order valence-corrected chi connectivity index (χ1v) is 15.0. The Kier molecular flexibility index (Phi) is 5.11. The predicted octanol–water partition coefficient (Wildman–Crippen LogP) is 2.95. The molecule has 3 aromatic carbocycles. The van der Waals surface area contributed by atoms with Crippen LogP contribution in [0.5, 0.6) is 0 Å². The Hall–Kier alpha value is -2.07. The van der Waals surface area contributed by atoms with Crippen LogP contribution in [-0.4, -0.2) is 40.3 Å². The van der Waals surface area contributed by atoms with E-state index in [9.17, 15) is 4.79 Å². The number of carbonyl (C=O) groups is 1. The summed E-state index contributed by atoms with van der Waals surface area (Å²) in [7, 11) is 0. The maximum atomic E-state index is 14.1. The zero-order valence-electron chi connectivity index (χ0n) is 14.8. The molecule has 0 aromatic heterocycles. The average Bonchev–Trinajstić information content (AvgIpc) is 3.26. The van der Waals surface area contributed by atoms with Crippen molar-refractivity contribution in [3.8, 4) is 0 Å². The molecule has 1 saturated heterocycles. The number of nitrogens with zero attached hydrogens (tertiary/aromatic N) is 1. The van der Waals surface area contributed by atoms with Gasteiger partial charge in [0.25, 0.3) is 0 Å². The second-order valence-corrected chi connectivity index (χ2v) is 17.3. The van der Waals surface area contributed by atoms with Gasteiger partial charge in [-0.1, -0.05) is 0 Å². The number of likely N-dealkylation sites (tertiary alicyclic amines) is 1. The van der Waals surface area contributed by atoms with Gasteiger partial charge in [0, 0.05) is 0 Å². The first-order valence-electron chi connectivity index (χ1n) is 9.29. The molecule has 0 bridgehead atoms. The van der Waals surface area contributed by atoms with Gasteiger partial charge < -0.3 is 0 Å². The second-order valence-electron chi connectivity index (χ2n) is 6.85. The number of carbonyl (C=O) groups excluding carboxylic acids is 1. The van der Waals surface area contributed by atoms with Gasteiger partial charge in [-0.15, -0.1) is 0 Å². The third-order valence-corrected chi connectivity index (χ3v) is 18.3. The second kappa shape index (κ2) is 7.66. The van der Waals surface area contributed by atoms with Crippen LogP contribution in [0.15, 0.2) is 91.0 Å². The van der Waals surface area contributed by atoms with Crippen molar-refractivity contribution in [3.05, 3.63) is 91.0 Å². The molecule has 0 aliphatic carbocycles. The van der Waals surface area contributed by atoms with Crippen LogP contribution in [0.25, 0.3) is 0 Å². The predicted molar refractivity (Wildman–Crippen MR) is 110 cm³/mol. The van der Waals surface area contributed by atoms with E-state index in [1.807, 2.05) is 18.2 Å². The summed E-state index contributed by atoms with van der Waals surface area (Å²) < 4.78 is 4.09. The molecule has 0 N–H and O–H groups in total. The fourth-order valence-corrected chi connectivity index (χ4v) is 17.0. The monoisotopic (exact) mass is 449 g/mol. The van der Waals surface area contributed by atoms with Crippen molar-refractivity contribution in [2.75, 3.05) is 13.1 Å². The molecule has 130 valence electrons. The third-order valence-electron chi connectivity index (χ3n) is 5.33. The number of benzene rings is 3. The Balaban J connectivity index is 2.02. The number of hydrogen-bond donors (Lipinski definition) is 0. The molecule has 0 spiro atoms. The van der Waals surface area contributed by atoms with Gasteiger partial charge in [0.1, 0.15) is 0 Å². The van der Waals surface area contributed by atoms with Gasteiger partial charge >= 0.3 is 160 Å². The van der Waals surface area contributed by atoms with E-state index >= 15 is 0 Å². The first kappa shape index (κ1) is 17.3. The molecule has 3 aromatic rings. The maximum absolute atomic E-state index is 14.1. The summed E-state index contributed by atoms with van der Waals surface area (Å²) in [6, 6.07) is 31.6. The zero-order valence-corrected chi connectivity index (χ0v) is 17.7. The molecule has 0 radical (unpaired) electrons. The summed E-state index contributed by atoms with van der Waals surface area (Å²) in [5.74, 6) is 0. The van der Waals surface area contributed by atoms with Crippen molar-refractivity contribution in [2.24, 2.45) is 0 Å². The summed E-state index contributed by atoms with van der Waals surface area (Å²) in [5.41, 5.74) is 0. The Morgan fingerprint density at radius 1 is 0.615 bits per heavy atom. The minimum atomic E-state index is -3.83. The van der Waals surface area contributed by atoms with Crippen molar-refractivity contribution in [2.45, 2.75) is 12.8 Å². The Morgan fingerprint density at radius 2 is 0.962 bits per heavy atom. The van der Waals surface area contributed by atoms with E-state index in [1.54, 1.807) is 0 Å². The molecule has 2 nitrogen and oxygen atoms in total. The van der Waals surface area contributed by atoms with Crippen LogP contribution in [0.2, 0.25) is 0 Å². The summed E-state index contributed by atoms with van der Waals surface area (Å²) in [6.45, 7) is 1.79. The number of hydrogen-bond acceptors (Lipinski definition) is 1. The van der Waals surface area contributed by atoms with Gasteiger partial charge in [0.2, 0.25) is 0 Å². The van der Waals surface area contributed by atoms with Crippen LogP contribution >= 0.6 is 0 Å². The molecule has 1 fully saturated rings. The molecule has 0 saturated carbocycles. The van der Waals surface area contributed by atoms with E-state index in [1.165, 1.54) is 10.7 Å². The van der Waals surface area contributed by atoms with Crippen LogP contribution in [-0.2, 0) is 0 Å². The van der Waals surface area contributed by atoms with E-state index in [0.29, 0.717) is 3.92 Å². The average molecular weight is 448 g/mol. The molecule has 1 aliphatic heterocycles. The van der Waals surface area contributed by atoms with Crippen molar-refractivity contribution in [1.82, 2.24) is 4.90 Å². The Labute approximate surface area is 159 Å². The van der Waals surface area contributed by atoms with E-state index in [0.717, 1.165) is 25.9 Å². The van der Waals surface area contributed by atoms with Crippen LogP contribution in [0, 0.1) is 0 Å². The fourth-order valence-electron chi connectivity index (χ4n) is 4.09. The van der Waals surface area contributed by atoms with Gasteiger partial charge in [-0.3, -0.25) is 0 Å². The zero-order chi connectivity index (χ0) is 17.8. The fraction of sp³-hybridized carbons (Fsp3) is 0.174. The van der Waals surface area contributed by atoms with Crippen LogP contribution in [0.1, 0.15) is 12.8 Å². The first-order chi connectivity index (χ1) is 12.8. The molecule has 3 heteroatoms.